The van der Waals surface area contributed by atoms with Crippen molar-refractivity contribution in [3.63, 3.8) is 0 Å². The van der Waals surface area contributed by atoms with Gasteiger partial charge in [-0.3, -0.25) is 14.2 Å². The van der Waals surface area contributed by atoms with Gasteiger partial charge in [0.25, 0.3) is 5.56 Å². The summed E-state index contributed by atoms with van der Waals surface area (Å²) >= 11 is 6.54. The Morgan fingerprint density at radius 1 is 1.17 bits per heavy atom. The maximum Gasteiger partial charge on any atom is 0.262 e. The van der Waals surface area contributed by atoms with Gasteiger partial charge in [0.15, 0.2) is 0 Å². The zero-order valence-corrected chi connectivity index (χ0v) is 18.9. The molecule has 29 heavy (non-hydrogen) atoms. The molecule has 0 aliphatic heterocycles. The lowest BCUT2D eigenvalue weighted by Crippen LogP contribution is -2.35. The van der Waals surface area contributed by atoms with E-state index in [1.54, 1.807) is 16.2 Å². The third-order valence-corrected chi connectivity index (χ3v) is 7.29. The lowest BCUT2D eigenvalue weighted by molar-refractivity contribution is -0.132. The number of aromatic nitrogens is 2. The summed E-state index contributed by atoms with van der Waals surface area (Å²) in [4.78, 5) is 34.7. The number of benzene rings is 1. The molecule has 0 aliphatic rings. The normalized spacial score (nSPS) is 11.1. The molecule has 0 saturated carbocycles. The summed E-state index contributed by atoms with van der Waals surface area (Å²) in [7, 11) is 0. The number of rotatable bonds is 6. The molecule has 0 N–H and O–H groups in total. The van der Waals surface area contributed by atoms with Crippen LogP contribution in [0.2, 0.25) is 0 Å². The van der Waals surface area contributed by atoms with Crippen LogP contribution in [0.25, 0.3) is 20.7 Å². The fourth-order valence-corrected chi connectivity index (χ4v) is 5.56. The van der Waals surface area contributed by atoms with E-state index in [2.05, 4.69) is 20.9 Å². The summed E-state index contributed by atoms with van der Waals surface area (Å²) in [5, 5.41) is 0.550. The van der Waals surface area contributed by atoms with Crippen molar-refractivity contribution in [1.29, 1.82) is 0 Å². The van der Waals surface area contributed by atoms with Crippen molar-refractivity contribution in [2.45, 2.75) is 20.0 Å². The Morgan fingerprint density at radius 2 is 1.97 bits per heavy atom. The van der Waals surface area contributed by atoms with Gasteiger partial charge in [0.2, 0.25) is 5.91 Å². The van der Waals surface area contributed by atoms with Crippen LogP contribution in [0.4, 0.5) is 0 Å². The van der Waals surface area contributed by atoms with E-state index in [9.17, 15) is 9.59 Å². The molecule has 0 radical (unpaired) electrons. The molecular weight excluding hydrogens is 470 g/mol. The number of carbonyl (C=O) groups excluding carboxylic acids is 1. The van der Waals surface area contributed by atoms with E-state index in [1.807, 2.05) is 55.5 Å². The van der Waals surface area contributed by atoms with E-state index in [0.29, 0.717) is 23.3 Å². The highest BCUT2D eigenvalue weighted by Crippen LogP contribution is 2.30. The van der Waals surface area contributed by atoms with E-state index < -0.39 is 0 Å². The average molecular weight is 488 g/mol. The standard InChI is InChI=1S/C21H18BrN3O2S2/c1-2-24(11-15-8-9-18(22)28-15)19(26)12-25-13-23-20-16(21(25)27)10-17(29-20)14-6-4-3-5-7-14/h3-10,13H,2,11-12H2,1H3. The second-order valence-corrected chi connectivity index (χ2v) is 10.1. The Hall–Kier alpha value is -2.29. The number of thiophene rings is 2. The molecule has 0 spiro atoms. The van der Waals surface area contributed by atoms with Crippen molar-refractivity contribution in [2.75, 3.05) is 6.54 Å². The Balaban J connectivity index is 1.58. The van der Waals surface area contributed by atoms with Crippen LogP contribution in [0, 0.1) is 0 Å². The van der Waals surface area contributed by atoms with Crippen molar-refractivity contribution in [3.05, 3.63) is 73.9 Å². The molecule has 5 nitrogen and oxygen atoms in total. The molecule has 0 saturated heterocycles. The van der Waals surface area contributed by atoms with E-state index in [4.69, 9.17) is 0 Å². The summed E-state index contributed by atoms with van der Waals surface area (Å²) in [6.45, 7) is 3.04. The van der Waals surface area contributed by atoms with Crippen molar-refractivity contribution in [1.82, 2.24) is 14.5 Å². The molecule has 0 bridgehead atoms. The quantitative estimate of drug-likeness (QED) is 0.384. The number of carbonyl (C=O) groups is 1. The lowest BCUT2D eigenvalue weighted by atomic mass is 10.2. The SMILES string of the molecule is CCN(Cc1ccc(Br)s1)C(=O)Cn1cnc2sc(-c3ccccc3)cc2c1=O. The highest BCUT2D eigenvalue weighted by molar-refractivity contribution is 9.11. The van der Waals surface area contributed by atoms with Crippen molar-refractivity contribution >= 4 is 54.7 Å². The van der Waals surface area contributed by atoms with Gasteiger partial charge in [-0.15, -0.1) is 22.7 Å². The Bertz CT molecular complexity index is 1210. The Labute approximate surface area is 184 Å². The van der Waals surface area contributed by atoms with Crippen LogP contribution in [0.5, 0.6) is 0 Å². The first-order chi connectivity index (χ1) is 14.0. The summed E-state index contributed by atoms with van der Waals surface area (Å²) in [5.74, 6) is -0.0983. The van der Waals surface area contributed by atoms with Gasteiger partial charge < -0.3 is 4.90 Å². The van der Waals surface area contributed by atoms with E-state index in [-0.39, 0.29) is 18.0 Å². The van der Waals surface area contributed by atoms with Gasteiger partial charge in [-0.25, -0.2) is 4.98 Å². The number of likely N-dealkylation sites (N-methyl/N-ethyl adjacent to an activating group) is 1. The van der Waals surface area contributed by atoms with Gasteiger partial charge in [0.1, 0.15) is 11.4 Å². The highest BCUT2D eigenvalue weighted by atomic mass is 79.9. The van der Waals surface area contributed by atoms with Crippen LogP contribution in [0.3, 0.4) is 0 Å². The molecule has 0 fully saturated rings. The summed E-state index contributed by atoms with van der Waals surface area (Å²) < 4.78 is 2.44. The zero-order chi connectivity index (χ0) is 20.4. The minimum Gasteiger partial charge on any atom is -0.336 e. The molecule has 0 aliphatic carbocycles. The van der Waals surface area contributed by atoms with Crippen molar-refractivity contribution in [3.8, 4) is 10.4 Å². The molecule has 4 rings (SSSR count). The van der Waals surface area contributed by atoms with Crippen LogP contribution >= 0.6 is 38.6 Å². The van der Waals surface area contributed by atoms with Crippen LogP contribution in [0.15, 0.2) is 63.4 Å². The molecule has 3 heterocycles. The third kappa shape index (κ3) is 4.34. The Morgan fingerprint density at radius 3 is 2.66 bits per heavy atom. The summed E-state index contributed by atoms with van der Waals surface area (Å²) in [6.07, 6.45) is 1.48. The first-order valence-corrected chi connectivity index (χ1v) is 11.5. The van der Waals surface area contributed by atoms with Crippen LogP contribution in [-0.2, 0) is 17.9 Å². The van der Waals surface area contributed by atoms with Crippen LogP contribution < -0.4 is 5.56 Å². The molecule has 1 aromatic carbocycles. The number of amides is 1. The van der Waals surface area contributed by atoms with Crippen molar-refractivity contribution in [2.24, 2.45) is 0 Å². The highest BCUT2D eigenvalue weighted by Gasteiger charge is 2.16. The van der Waals surface area contributed by atoms with Gasteiger partial charge in [0, 0.05) is 16.3 Å². The van der Waals surface area contributed by atoms with E-state index >= 15 is 0 Å². The topological polar surface area (TPSA) is 55.2 Å². The molecule has 0 atom stereocenters. The lowest BCUT2D eigenvalue weighted by Gasteiger charge is -2.20. The Kier molecular flexibility index (Phi) is 5.94. The second kappa shape index (κ2) is 8.61. The first kappa shape index (κ1) is 20.0. The predicted molar refractivity (Wildman–Crippen MR) is 122 cm³/mol. The molecule has 3 aromatic heterocycles. The number of hydrogen-bond acceptors (Lipinski definition) is 5. The van der Waals surface area contributed by atoms with Gasteiger partial charge >= 0.3 is 0 Å². The van der Waals surface area contributed by atoms with E-state index in [1.165, 1.54) is 22.2 Å². The third-order valence-electron chi connectivity index (χ3n) is 4.59. The smallest absolute Gasteiger partial charge is 0.262 e. The monoisotopic (exact) mass is 487 g/mol. The predicted octanol–water partition coefficient (Wildman–Crippen LogP) is 5.00. The molecule has 148 valence electrons. The number of fused-ring (bicyclic) bond motifs is 1. The first-order valence-electron chi connectivity index (χ1n) is 9.11. The van der Waals surface area contributed by atoms with Crippen LogP contribution in [-0.4, -0.2) is 26.9 Å². The van der Waals surface area contributed by atoms with Gasteiger partial charge in [-0.2, -0.15) is 0 Å². The molecule has 0 unspecified atom stereocenters. The zero-order valence-electron chi connectivity index (χ0n) is 15.7. The summed E-state index contributed by atoms with van der Waals surface area (Å²) in [6, 6.07) is 15.8. The molecule has 8 heteroatoms. The maximum absolute atomic E-state index is 12.9. The number of halogens is 1. The van der Waals surface area contributed by atoms with Gasteiger partial charge in [0.05, 0.1) is 22.0 Å². The van der Waals surface area contributed by atoms with Crippen LogP contribution in [0.1, 0.15) is 11.8 Å². The van der Waals surface area contributed by atoms with E-state index in [0.717, 1.165) is 19.1 Å². The molecule has 4 aromatic rings. The fraction of sp³-hybridized carbons (Fsp3) is 0.190. The minimum absolute atomic E-state index is 0.0152. The molecular formula is C21H18BrN3O2S2. The number of hydrogen-bond donors (Lipinski definition) is 0. The van der Waals surface area contributed by atoms with Gasteiger partial charge in [-0.05, 0) is 46.6 Å². The van der Waals surface area contributed by atoms with Gasteiger partial charge in [-0.1, -0.05) is 30.3 Å². The van der Waals surface area contributed by atoms with Crippen molar-refractivity contribution < 1.29 is 4.79 Å². The summed E-state index contributed by atoms with van der Waals surface area (Å²) in [5.41, 5.74) is 0.869. The maximum atomic E-state index is 12.9. The molecule has 1 amide bonds. The second-order valence-electron chi connectivity index (χ2n) is 6.49. The fourth-order valence-electron chi connectivity index (χ4n) is 3.06. The number of nitrogens with zero attached hydrogens (tertiary/aromatic N) is 3. The largest absolute Gasteiger partial charge is 0.336 e. The minimum atomic E-state index is -0.184. The average Bonchev–Trinajstić information content (AvgIpc) is 3.35.